The molecule has 9 heteroatoms. The Kier molecular flexibility index (Phi) is 6.28. The summed E-state index contributed by atoms with van der Waals surface area (Å²) in [4.78, 5) is 15.4. The van der Waals surface area contributed by atoms with Crippen LogP contribution in [0.5, 0.6) is 0 Å². The molecule has 0 spiro atoms. The van der Waals surface area contributed by atoms with Gasteiger partial charge in [-0.25, -0.2) is 4.57 Å². The summed E-state index contributed by atoms with van der Waals surface area (Å²) in [5.74, 6) is 0. The molecule has 0 aromatic rings. The Bertz CT molecular complexity index is 167. The zero-order chi connectivity index (χ0) is 6.78. The molecule has 0 radical (unpaired) electrons. The van der Waals surface area contributed by atoms with E-state index in [-0.39, 0.29) is 21.1 Å². The topological polar surface area (TPSA) is 101 Å². The average Bonchev–Trinajstić information content (AvgIpc) is 1.21. The van der Waals surface area contributed by atoms with Gasteiger partial charge >= 0.3 is 7.82 Å². The molecule has 0 aliphatic carbocycles. The van der Waals surface area contributed by atoms with E-state index >= 15 is 0 Å². The second kappa shape index (κ2) is 4.55. The second-order valence-corrected chi connectivity index (χ2v) is 2.75. The Labute approximate surface area is 66.9 Å². The normalized spacial score (nSPS) is 11.0. The second-order valence-electron chi connectivity index (χ2n) is 0.769. The monoisotopic (exact) mass is 259 g/mol. The summed E-state index contributed by atoms with van der Waals surface area (Å²) in [5.41, 5.74) is 0. The van der Waals surface area contributed by atoms with Gasteiger partial charge in [0, 0.05) is 21.1 Å². The predicted octanol–water partition coefficient (Wildman–Crippen LogP) is -0.683. The third-order valence-electron chi connectivity index (χ3n) is 0.158. The molecular weight excluding hydrogens is 255 g/mol. The van der Waals surface area contributed by atoms with E-state index in [2.05, 4.69) is 3.97 Å². The minimum Gasteiger partial charge on any atom is -0.396 e. The number of phosphoric acid groups is 1. The standard InChI is InChI=1S/Mo.H2O6PS/c;1-7(2,3)6-8(4)5/h;(H2,1,2,3)/q;-1. The van der Waals surface area contributed by atoms with Gasteiger partial charge < -0.3 is 22.2 Å². The van der Waals surface area contributed by atoms with E-state index in [4.69, 9.17) is 9.79 Å². The van der Waals surface area contributed by atoms with Crippen molar-refractivity contribution in [3.63, 3.8) is 0 Å². The van der Waals surface area contributed by atoms with E-state index in [9.17, 15) is 13.0 Å². The third kappa shape index (κ3) is 12.1. The summed E-state index contributed by atoms with van der Waals surface area (Å²) in [6.07, 6.45) is 0. The largest absolute Gasteiger partial charge is 0.454 e. The van der Waals surface area contributed by atoms with Crippen LogP contribution in [-0.4, -0.2) is 9.79 Å². The summed E-state index contributed by atoms with van der Waals surface area (Å²) < 4.78 is 31.1. The van der Waals surface area contributed by atoms with Crippen molar-refractivity contribution in [2.75, 3.05) is 0 Å². The van der Waals surface area contributed by atoms with Gasteiger partial charge in [-0.2, -0.15) is 0 Å². The molecule has 0 bridgehead atoms. The first-order valence-electron chi connectivity index (χ1n) is 1.27. The molecule has 9 heavy (non-hydrogen) atoms. The van der Waals surface area contributed by atoms with Crippen LogP contribution in [0.25, 0.3) is 0 Å². The smallest absolute Gasteiger partial charge is 0.396 e. The zero-order valence-electron chi connectivity index (χ0n) is 3.79. The van der Waals surface area contributed by atoms with Gasteiger partial charge in [-0.1, -0.05) is 0 Å². The Balaban J connectivity index is 0. The van der Waals surface area contributed by atoms with Gasteiger partial charge in [0.1, 0.15) is 0 Å². The SMILES string of the molecule is O=[S-](=O)OP(=O)(O)O.[Mo]. The van der Waals surface area contributed by atoms with Gasteiger partial charge in [-0.15, -0.1) is 0 Å². The van der Waals surface area contributed by atoms with Gasteiger partial charge in [0.15, 0.2) is 0 Å². The van der Waals surface area contributed by atoms with Crippen molar-refractivity contribution in [1.29, 1.82) is 0 Å². The van der Waals surface area contributed by atoms with Crippen LogP contribution in [0.1, 0.15) is 0 Å². The van der Waals surface area contributed by atoms with Crippen LogP contribution in [0.4, 0.5) is 0 Å². The molecule has 0 rings (SSSR count). The summed E-state index contributed by atoms with van der Waals surface area (Å²) in [7, 11) is -7.98. The maximum atomic E-state index is 9.52. The molecule has 0 atom stereocenters. The van der Waals surface area contributed by atoms with Crippen LogP contribution >= 0.6 is 7.82 Å². The molecule has 0 aromatic heterocycles. The van der Waals surface area contributed by atoms with Crippen molar-refractivity contribution in [3.8, 4) is 0 Å². The summed E-state index contributed by atoms with van der Waals surface area (Å²) >= 11 is 0. The fourth-order valence-electron chi connectivity index (χ4n) is 0.0793. The third-order valence-corrected chi connectivity index (χ3v) is 1.42. The number of rotatable bonds is 2. The van der Waals surface area contributed by atoms with Crippen LogP contribution < -0.4 is 0 Å². The first kappa shape index (κ1) is 12.4. The summed E-state index contributed by atoms with van der Waals surface area (Å²) in [6.45, 7) is 0. The molecule has 0 amide bonds. The Morgan fingerprint density at radius 2 is 1.67 bits per heavy atom. The van der Waals surface area contributed by atoms with E-state index in [1.165, 1.54) is 0 Å². The van der Waals surface area contributed by atoms with Gasteiger partial charge in [0.05, 0.1) is 11.0 Å². The van der Waals surface area contributed by atoms with E-state index in [0.717, 1.165) is 0 Å². The van der Waals surface area contributed by atoms with E-state index in [1.807, 2.05) is 0 Å². The Morgan fingerprint density at radius 3 is 1.67 bits per heavy atom. The van der Waals surface area contributed by atoms with E-state index in [1.54, 1.807) is 0 Å². The summed E-state index contributed by atoms with van der Waals surface area (Å²) in [5, 5.41) is 0. The summed E-state index contributed by atoms with van der Waals surface area (Å²) in [6, 6.07) is 0. The van der Waals surface area contributed by atoms with Crippen molar-refractivity contribution in [2.24, 2.45) is 0 Å². The number of hydrogen-bond donors (Lipinski definition) is 2. The zero-order valence-corrected chi connectivity index (χ0v) is 7.51. The van der Waals surface area contributed by atoms with Crippen molar-refractivity contribution >= 4 is 18.8 Å². The Hall–Kier alpha value is 0.748. The molecule has 0 aromatic carbocycles. The van der Waals surface area contributed by atoms with Crippen LogP contribution in [0.2, 0.25) is 0 Å². The fourth-order valence-corrected chi connectivity index (χ4v) is 0.714. The van der Waals surface area contributed by atoms with Crippen molar-refractivity contribution in [3.05, 3.63) is 0 Å². The molecule has 0 saturated carbocycles. The maximum Gasteiger partial charge on any atom is 0.454 e. The molecule has 0 unspecified atom stereocenters. The Morgan fingerprint density at radius 1 is 1.33 bits per heavy atom. The molecule has 0 heterocycles. The maximum absolute atomic E-state index is 9.52. The van der Waals surface area contributed by atoms with Crippen LogP contribution in [0.3, 0.4) is 0 Å². The van der Waals surface area contributed by atoms with Crippen LogP contribution in [-0.2, 0) is 49.0 Å². The van der Waals surface area contributed by atoms with Gasteiger partial charge in [-0.3, -0.25) is 0 Å². The van der Waals surface area contributed by atoms with E-state index in [0.29, 0.717) is 0 Å². The molecule has 0 fully saturated rings. The minimum atomic E-state index is -4.83. The first-order chi connectivity index (χ1) is 3.42. The molecule has 56 valence electrons. The molecule has 0 aliphatic rings. The van der Waals surface area contributed by atoms with Crippen molar-refractivity contribution in [1.82, 2.24) is 0 Å². The average molecular weight is 257 g/mol. The molecule has 2 N–H and O–H groups in total. The van der Waals surface area contributed by atoms with Gasteiger partial charge in [0.2, 0.25) is 0 Å². The quantitative estimate of drug-likeness (QED) is 0.386. The minimum absolute atomic E-state index is 0. The van der Waals surface area contributed by atoms with Crippen molar-refractivity contribution in [2.45, 2.75) is 0 Å². The molecule has 0 saturated heterocycles. The van der Waals surface area contributed by atoms with Gasteiger partial charge in [0.25, 0.3) is 0 Å². The first-order valence-corrected chi connectivity index (χ1v) is 3.80. The number of hydrogen-bond acceptors (Lipinski definition) is 5. The van der Waals surface area contributed by atoms with Crippen LogP contribution in [0, 0.1) is 0 Å². The predicted molar refractivity (Wildman–Crippen MR) is 21.9 cm³/mol. The van der Waals surface area contributed by atoms with Crippen molar-refractivity contribution < 1.29 is 47.8 Å². The van der Waals surface area contributed by atoms with E-state index < -0.39 is 18.8 Å². The molecule has 6 nitrogen and oxygen atoms in total. The fraction of sp³-hybridized carbons (Fsp3) is 0. The van der Waals surface area contributed by atoms with Crippen LogP contribution in [0.15, 0.2) is 0 Å². The molecule has 0 aliphatic heterocycles. The van der Waals surface area contributed by atoms with Gasteiger partial charge in [-0.05, 0) is 0 Å². The molecular formula is H2MoO6PS-.